The third-order valence-electron chi connectivity index (χ3n) is 3.26. The molecule has 0 spiro atoms. The van der Waals surface area contributed by atoms with Crippen LogP contribution in [0.3, 0.4) is 0 Å². The fourth-order valence-electron chi connectivity index (χ4n) is 2.00. The molecular formula is C17H17N3O3S. The van der Waals surface area contributed by atoms with Crippen molar-refractivity contribution in [1.29, 1.82) is 0 Å². The van der Waals surface area contributed by atoms with Gasteiger partial charge in [-0.2, -0.15) is 0 Å². The van der Waals surface area contributed by atoms with Gasteiger partial charge in [-0.15, -0.1) is 21.5 Å². The molecule has 3 aromatic rings. The van der Waals surface area contributed by atoms with E-state index in [9.17, 15) is 4.79 Å². The summed E-state index contributed by atoms with van der Waals surface area (Å²) < 4.78 is 10.8. The van der Waals surface area contributed by atoms with Gasteiger partial charge in [0.2, 0.25) is 11.8 Å². The predicted molar refractivity (Wildman–Crippen MR) is 92.8 cm³/mol. The Morgan fingerprint density at radius 1 is 1.38 bits per heavy atom. The molecule has 0 bridgehead atoms. The Morgan fingerprint density at radius 3 is 2.88 bits per heavy atom. The highest BCUT2D eigenvalue weighted by Gasteiger charge is 2.15. The van der Waals surface area contributed by atoms with Gasteiger partial charge in [0.1, 0.15) is 5.76 Å². The second kappa shape index (κ2) is 6.84. The van der Waals surface area contributed by atoms with Crippen LogP contribution < -0.4 is 5.32 Å². The van der Waals surface area contributed by atoms with E-state index in [1.807, 2.05) is 26.8 Å². The summed E-state index contributed by atoms with van der Waals surface area (Å²) in [5.41, 5.74) is 0.730. The predicted octanol–water partition coefficient (Wildman–Crippen LogP) is 4.47. The number of hydrogen-bond acceptors (Lipinski definition) is 6. The monoisotopic (exact) mass is 343 g/mol. The lowest BCUT2D eigenvalue weighted by atomic mass is 10.2. The molecule has 0 unspecified atom stereocenters. The first-order valence-electron chi connectivity index (χ1n) is 7.49. The largest absolute Gasteiger partial charge is 0.465 e. The van der Waals surface area contributed by atoms with Crippen LogP contribution in [-0.2, 0) is 4.79 Å². The standard InChI is InChI=1S/C17H17N3O3S/c1-10(2)16-19-20-17(23-16)14-9-13(11(3)24-14)18-15(21)7-6-12-5-4-8-22-12/h4-10H,1-3H3,(H,18,21)/b7-6+. The van der Waals surface area contributed by atoms with E-state index in [1.54, 1.807) is 24.5 Å². The van der Waals surface area contributed by atoms with Crippen molar-refractivity contribution < 1.29 is 13.6 Å². The smallest absolute Gasteiger partial charge is 0.257 e. The lowest BCUT2D eigenvalue weighted by molar-refractivity contribution is -0.111. The number of aryl methyl sites for hydroxylation is 1. The minimum atomic E-state index is -0.229. The van der Waals surface area contributed by atoms with Gasteiger partial charge in [-0.25, -0.2) is 0 Å². The van der Waals surface area contributed by atoms with Crippen LogP contribution in [0, 0.1) is 6.92 Å². The van der Waals surface area contributed by atoms with Crippen LogP contribution in [0.15, 0.2) is 39.4 Å². The molecule has 3 heterocycles. The van der Waals surface area contributed by atoms with Gasteiger partial charge in [0, 0.05) is 16.9 Å². The van der Waals surface area contributed by atoms with Crippen LogP contribution in [0.1, 0.15) is 36.3 Å². The molecule has 3 aromatic heterocycles. The summed E-state index contributed by atoms with van der Waals surface area (Å²) in [4.78, 5) is 13.8. The molecule has 0 aromatic carbocycles. The summed E-state index contributed by atoms with van der Waals surface area (Å²) in [6, 6.07) is 5.39. The van der Waals surface area contributed by atoms with E-state index in [2.05, 4.69) is 15.5 Å². The maximum absolute atomic E-state index is 12.0. The number of anilines is 1. The van der Waals surface area contributed by atoms with Crippen molar-refractivity contribution in [3.8, 4) is 10.8 Å². The van der Waals surface area contributed by atoms with Crippen LogP contribution in [0.2, 0.25) is 0 Å². The SMILES string of the molecule is Cc1sc(-c2nnc(C(C)C)o2)cc1NC(=O)/C=C/c1ccco1. The van der Waals surface area contributed by atoms with E-state index in [1.165, 1.54) is 17.4 Å². The molecule has 1 N–H and O–H groups in total. The van der Waals surface area contributed by atoms with Crippen LogP contribution in [0.5, 0.6) is 0 Å². The Bertz CT molecular complexity index is 860. The molecule has 0 saturated heterocycles. The zero-order valence-corrected chi connectivity index (χ0v) is 14.4. The lowest BCUT2D eigenvalue weighted by Gasteiger charge is -1.99. The first kappa shape index (κ1) is 16.2. The van der Waals surface area contributed by atoms with Gasteiger partial charge in [0.05, 0.1) is 16.8 Å². The topological polar surface area (TPSA) is 81.2 Å². The van der Waals surface area contributed by atoms with Crippen LogP contribution in [0.4, 0.5) is 5.69 Å². The Labute approximate surface area is 143 Å². The fourth-order valence-corrected chi connectivity index (χ4v) is 2.89. The van der Waals surface area contributed by atoms with Gasteiger partial charge < -0.3 is 14.2 Å². The van der Waals surface area contributed by atoms with Crippen LogP contribution in [-0.4, -0.2) is 16.1 Å². The number of nitrogens with zero attached hydrogens (tertiary/aromatic N) is 2. The molecule has 3 rings (SSSR count). The van der Waals surface area contributed by atoms with Gasteiger partial charge in [0.15, 0.2) is 0 Å². The fraction of sp³-hybridized carbons (Fsp3) is 0.235. The number of rotatable bonds is 5. The Kier molecular flexibility index (Phi) is 4.61. The van der Waals surface area contributed by atoms with Gasteiger partial charge in [-0.3, -0.25) is 4.79 Å². The molecule has 24 heavy (non-hydrogen) atoms. The quantitative estimate of drug-likeness (QED) is 0.691. The zero-order valence-electron chi connectivity index (χ0n) is 13.6. The highest BCUT2D eigenvalue weighted by atomic mass is 32.1. The Hall–Kier alpha value is -2.67. The zero-order chi connectivity index (χ0) is 17.1. The molecule has 0 radical (unpaired) electrons. The summed E-state index contributed by atoms with van der Waals surface area (Å²) in [5, 5.41) is 10.9. The molecule has 0 fully saturated rings. The van der Waals surface area contributed by atoms with E-state index in [0.717, 1.165) is 15.4 Å². The van der Waals surface area contributed by atoms with Crippen molar-refractivity contribution in [3.63, 3.8) is 0 Å². The van der Waals surface area contributed by atoms with E-state index < -0.39 is 0 Å². The number of hydrogen-bond donors (Lipinski definition) is 1. The minimum absolute atomic E-state index is 0.179. The lowest BCUT2D eigenvalue weighted by Crippen LogP contribution is -2.07. The first-order chi connectivity index (χ1) is 11.5. The molecule has 1 amide bonds. The number of thiophene rings is 1. The first-order valence-corrected chi connectivity index (χ1v) is 8.31. The van der Waals surface area contributed by atoms with Gasteiger partial charge >= 0.3 is 0 Å². The summed E-state index contributed by atoms with van der Waals surface area (Å²) in [6.45, 7) is 5.92. The summed E-state index contributed by atoms with van der Waals surface area (Å²) in [5.74, 6) is 1.65. The van der Waals surface area contributed by atoms with Crippen molar-refractivity contribution >= 4 is 29.0 Å². The highest BCUT2D eigenvalue weighted by Crippen LogP contribution is 2.34. The molecule has 124 valence electrons. The molecule has 7 heteroatoms. The average molecular weight is 343 g/mol. The second-order valence-corrected chi connectivity index (χ2v) is 6.77. The number of aromatic nitrogens is 2. The Morgan fingerprint density at radius 2 is 2.21 bits per heavy atom. The summed E-state index contributed by atoms with van der Waals surface area (Å²) in [7, 11) is 0. The van der Waals surface area contributed by atoms with Gasteiger partial charge in [-0.1, -0.05) is 13.8 Å². The third-order valence-corrected chi connectivity index (χ3v) is 4.30. The number of carbonyl (C=O) groups excluding carboxylic acids is 1. The molecule has 6 nitrogen and oxygen atoms in total. The highest BCUT2D eigenvalue weighted by molar-refractivity contribution is 7.15. The molecule has 0 aliphatic carbocycles. The van der Waals surface area contributed by atoms with Crippen molar-refractivity contribution in [3.05, 3.63) is 47.1 Å². The van der Waals surface area contributed by atoms with Crippen molar-refractivity contribution in [2.75, 3.05) is 5.32 Å². The van der Waals surface area contributed by atoms with Crippen molar-refractivity contribution in [2.45, 2.75) is 26.7 Å². The van der Waals surface area contributed by atoms with E-state index in [-0.39, 0.29) is 11.8 Å². The maximum atomic E-state index is 12.0. The summed E-state index contributed by atoms with van der Waals surface area (Å²) >= 11 is 1.50. The number of furan rings is 1. The van der Waals surface area contributed by atoms with Crippen LogP contribution >= 0.6 is 11.3 Å². The van der Waals surface area contributed by atoms with E-state index in [0.29, 0.717) is 17.5 Å². The van der Waals surface area contributed by atoms with Gasteiger partial charge in [0.25, 0.3) is 5.89 Å². The van der Waals surface area contributed by atoms with Crippen molar-refractivity contribution in [1.82, 2.24) is 10.2 Å². The maximum Gasteiger partial charge on any atom is 0.257 e. The Balaban J connectivity index is 1.72. The minimum Gasteiger partial charge on any atom is -0.465 e. The van der Waals surface area contributed by atoms with Crippen molar-refractivity contribution in [2.24, 2.45) is 0 Å². The average Bonchev–Trinajstić information content (AvgIpc) is 3.26. The number of amides is 1. The summed E-state index contributed by atoms with van der Waals surface area (Å²) in [6.07, 6.45) is 4.60. The van der Waals surface area contributed by atoms with E-state index in [4.69, 9.17) is 8.83 Å². The number of carbonyl (C=O) groups is 1. The van der Waals surface area contributed by atoms with Gasteiger partial charge in [-0.05, 0) is 31.2 Å². The number of nitrogens with one attached hydrogen (secondary N) is 1. The third kappa shape index (κ3) is 3.62. The second-order valence-electron chi connectivity index (χ2n) is 5.52. The molecule has 0 saturated carbocycles. The van der Waals surface area contributed by atoms with Crippen LogP contribution in [0.25, 0.3) is 16.8 Å². The normalized spacial score (nSPS) is 11.5. The van der Waals surface area contributed by atoms with E-state index >= 15 is 0 Å². The molecule has 0 aliphatic rings. The molecule has 0 atom stereocenters. The molecule has 0 aliphatic heterocycles. The molecular weight excluding hydrogens is 326 g/mol.